The number of hydrogen-bond donors (Lipinski definition) is 1. The van der Waals surface area contributed by atoms with E-state index in [0.29, 0.717) is 24.3 Å². The van der Waals surface area contributed by atoms with E-state index in [2.05, 4.69) is 13.8 Å². The van der Waals surface area contributed by atoms with E-state index in [0.717, 1.165) is 36.7 Å². The first-order valence-corrected chi connectivity index (χ1v) is 11.6. The summed E-state index contributed by atoms with van der Waals surface area (Å²) < 4.78 is 6.88. The molecule has 0 fully saturated rings. The summed E-state index contributed by atoms with van der Waals surface area (Å²) in [4.78, 5) is 25.9. The molecule has 2 aromatic rings. The van der Waals surface area contributed by atoms with Crippen molar-refractivity contribution < 1.29 is 14.6 Å². The van der Waals surface area contributed by atoms with Crippen LogP contribution >= 0.6 is 0 Å². The second kappa shape index (κ2) is 12.7. The van der Waals surface area contributed by atoms with Crippen LogP contribution < -0.4 is 10.3 Å². The van der Waals surface area contributed by atoms with Crippen LogP contribution in [0.4, 0.5) is 0 Å². The molecule has 0 aliphatic carbocycles. The summed E-state index contributed by atoms with van der Waals surface area (Å²) >= 11 is 0. The Morgan fingerprint density at radius 1 is 1.03 bits per heavy atom. The molecule has 0 aliphatic heterocycles. The summed E-state index contributed by atoms with van der Waals surface area (Å²) in [7, 11) is 0. The lowest BCUT2D eigenvalue weighted by atomic mass is 9.97. The Balaban J connectivity index is 2.26. The fourth-order valence-corrected chi connectivity index (χ4v) is 3.69. The van der Waals surface area contributed by atoms with Gasteiger partial charge in [0.2, 0.25) is 5.88 Å². The molecule has 0 unspecified atom stereocenters. The molecule has 0 spiro atoms. The molecule has 1 aromatic heterocycles. The third-order valence-electron chi connectivity index (χ3n) is 5.65. The van der Waals surface area contributed by atoms with E-state index in [1.807, 2.05) is 6.07 Å². The van der Waals surface area contributed by atoms with Crippen LogP contribution in [0.15, 0.2) is 29.1 Å². The molecule has 0 saturated heterocycles. The molecule has 0 amide bonds. The minimum Gasteiger partial charge on any atom is -0.494 e. The third-order valence-corrected chi connectivity index (χ3v) is 5.65. The zero-order chi connectivity index (χ0) is 23.5. The number of ketones is 1. The number of benzene rings is 1. The highest BCUT2D eigenvalue weighted by atomic mass is 16.5. The molecule has 0 saturated carbocycles. The molecule has 1 heterocycles. The molecule has 0 atom stereocenters. The fourth-order valence-electron chi connectivity index (χ4n) is 3.69. The summed E-state index contributed by atoms with van der Waals surface area (Å²) in [5.74, 6) is -0.116. The maximum absolute atomic E-state index is 13.2. The average Bonchev–Trinajstić information content (AvgIpc) is 2.79. The van der Waals surface area contributed by atoms with Gasteiger partial charge in [-0.2, -0.15) is 5.26 Å². The van der Waals surface area contributed by atoms with Crippen LogP contribution in [-0.4, -0.2) is 22.1 Å². The number of aromatic hydroxyl groups is 1. The molecular weight excluding hydrogens is 404 g/mol. The van der Waals surface area contributed by atoms with Gasteiger partial charge in [-0.3, -0.25) is 14.2 Å². The summed E-state index contributed by atoms with van der Waals surface area (Å²) in [5, 5.41) is 20.3. The van der Waals surface area contributed by atoms with Gasteiger partial charge in [0.25, 0.3) is 5.56 Å². The largest absolute Gasteiger partial charge is 0.494 e. The van der Waals surface area contributed by atoms with Crippen molar-refractivity contribution in [1.29, 1.82) is 5.26 Å². The van der Waals surface area contributed by atoms with Gasteiger partial charge in [-0.25, -0.2) is 0 Å². The van der Waals surface area contributed by atoms with E-state index in [1.165, 1.54) is 19.8 Å². The van der Waals surface area contributed by atoms with Gasteiger partial charge < -0.3 is 9.84 Å². The number of hydrogen-bond acceptors (Lipinski definition) is 5. The lowest BCUT2D eigenvalue weighted by molar-refractivity contribution is 0.103. The number of carbonyl (C=O) groups excluding carboxylic acids is 1. The van der Waals surface area contributed by atoms with Crippen LogP contribution in [0.5, 0.6) is 11.6 Å². The van der Waals surface area contributed by atoms with Crippen LogP contribution in [0, 0.1) is 18.3 Å². The first-order valence-electron chi connectivity index (χ1n) is 11.6. The van der Waals surface area contributed by atoms with Crippen molar-refractivity contribution in [3.8, 4) is 17.7 Å². The Kier molecular flexibility index (Phi) is 10.0. The topological polar surface area (TPSA) is 92.3 Å². The Morgan fingerprint density at radius 3 is 2.25 bits per heavy atom. The van der Waals surface area contributed by atoms with Crippen molar-refractivity contribution in [2.24, 2.45) is 0 Å². The van der Waals surface area contributed by atoms with Crippen LogP contribution in [0.3, 0.4) is 0 Å². The van der Waals surface area contributed by atoms with Crippen LogP contribution in [0.1, 0.15) is 92.3 Å². The second-order valence-corrected chi connectivity index (χ2v) is 8.09. The van der Waals surface area contributed by atoms with Gasteiger partial charge in [0, 0.05) is 12.1 Å². The van der Waals surface area contributed by atoms with E-state index in [1.54, 1.807) is 24.3 Å². The van der Waals surface area contributed by atoms with Crippen LogP contribution in [-0.2, 0) is 6.54 Å². The maximum atomic E-state index is 13.2. The smallest absolute Gasteiger partial charge is 0.271 e. The van der Waals surface area contributed by atoms with Gasteiger partial charge >= 0.3 is 0 Å². The number of pyridine rings is 1. The highest BCUT2D eigenvalue weighted by Crippen LogP contribution is 2.26. The predicted molar refractivity (Wildman–Crippen MR) is 125 cm³/mol. The zero-order valence-electron chi connectivity index (χ0n) is 19.4. The van der Waals surface area contributed by atoms with Crippen molar-refractivity contribution in [3.05, 3.63) is 56.9 Å². The zero-order valence-corrected chi connectivity index (χ0v) is 19.4. The first-order chi connectivity index (χ1) is 15.5. The number of rotatable bonds is 13. The SMILES string of the molecule is CCCCCCOc1ccc(C(=O)c2c(C)c(C#N)c(=O)n(CCCCCC)c2O)cc1. The van der Waals surface area contributed by atoms with E-state index >= 15 is 0 Å². The number of nitriles is 1. The molecule has 0 aliphatic rings. The fraction of sp³-hybridized carbons (Fsp3) is 0.500. The Labute approximate surface area is 190 Å². The standard InChI is InChI=1S/C26H34N2O4/c1-4-6-8-10-16-28-25(30)22(18-27)19(3)23(26(28)31)24(29)20-12-14-21(15-13-20)32-17-11-9-7-5-2/h12-15,31H,4-11,16-17H2,1-3H3. The Hall–Kier alpha value is -3.07. The highest BCUT2D eigenvalue weighted by Gasteiger charge is 2.24. The van der Waals surface area contributed by atoms with E-state index in [-0.39, 0.29) is 29.1 Å². The molecule has 6 heteroatoms. The average molecular weight is 439 g/mol. The lowest BCUT2D eigenvalue weighted by Crippen LogP contribution is -2.27. The molecule has 0 radical (unpaired) electrons. The molecule has 1 N–H and O–H groups in total. The number of unbranched alkanes of at least 4 members (excludes halogenated alkanes) is 6. The molecule has 6 nitrogen and oxygen atoms in total. The van der Waals surface area contributed by atoms with Gasteiger partial charge in [0.05, 0.1) is 12.2 Å². The van der Waals surface area contributed by atoms with Gasteiger partial charge in [0.15, 0.2) is 5.78 Å². The quantitative estimate of drug-likeness (QED) is 0.329. The molecular formula is C26H34N2O4. The first kappa shape index (κ1) is 25.2. The van der Waals surface area contributed by atoms with Crippen molar-refractivity contribution in [2.75, 3.05) is 6.61 Å². The van der Waals surface area contributed by atoms with Crippen molar-refractivity contribution in [2.45, 2.75) is 78.7 Å². The Morgan fingerprint density at radius 2 is 1.66 bits per heavy atom. The van der Waals surface area contributed by atoms with E-state index in [4.69, 9.17) is 4.74 Å². The molecule has 1 aromatic carbocycles. The normalized spacial score (nSPS) is 10.7. The van der Waals surface area contributed by atoms with E-state index in [9.17, 15) is 20.0 Å². The molecule has 172 valence electrons. The Bertz CT molecular complexity index is 1000. The number of carbonyl (C=O) groups is 1. The monoisotopic (exact) mass is 438 g/mol. The minimum atomic E-state index is -0.553. The van der Waals surface area contributed by atoms with Gasteiger partial charge in [-0.15, -0.1) is 0 Å². The molecule has 32 heavy (non-hydrogen) atoms. The van der Waals surface area contributed by atoms with E-state index < -0.39 is 11.3 Å². The van der Waals surface area contributed by atoms with Gasteiger partial charge in [-0.1, -0.05) is 52.4 Å². The minimum absolute atomic E-state index is 0.00451. The molecule has 2 rings (SSSR count). The van der Waals surface area contributed by atoms with Crippen molar-refractivity contribution >= 4 is 5.78 Å². The van der Waals surface area contributed by atoms with Crippen LogP contribution in [0.25, 0.3) is 0 Å². The summed E-state index contributed by atoms with van der Waals surface area (Å²) in [5.41, 5.74) is -0.0798. The van der Waals surface area contributed by atoms with Crippen molar-refractivity contribution in [1.82, 2.24) is 4.57 Å². The number of nitrogens with zero attached hydrogens (tertiary/aromatic N) is 2. The summed E-state index contributed by atoms with van der Waals surface area (Å²) in [6.45, 7) is 6.67. The lowest BCUT2D eigenvalue weighted by Gasteiger charge is -2.15. The van der Waals surface area contributed by atoms with Gasteiger partial charge in [-0.05, 0) is 49.6 Å². The van der Waals surface area contributed by atoms with Crippen LogP contribution in [0.2, 0.25) is 0 Å². The maximum Gasteiger partial charge on any atom is 0.271 e. The van der Waals surface area contributed by atoms with Crippen molar-refractivity contribution in [3.63, 3.8) is 0 Å². The third kappa shape index (κ3) is 6.23. The van der Waals surface area contributed by atoms with Gasteiger partial charge in [0.1, 0.15) is 17.4 Å². The predicted octanol–water partition coefficient (Wildman–Crippen LogP) is 5.50. The number of aromatic nitrogens is 1. The highest BCUT2D eigenvalue weighted by molar-refractivity contribution is 6.11. The summed E-state index contributed by atoms with van der Waals surface area (Å²) in [6, 6.07) is 8.65. The summed E-state index contributed by atoms with van der Waals surface area (Å²) in [6.07, 6.45) is 8.12. The molecule has 0 bridgehead atoms. The second-order valence-electron chi connectivity index (χ2n) is 8.09. The number of ether oxygens (including phenoxy) is 1.